The molecule has 1 aliphatic carbocycles. The number of unbranched alkanes of at least 4 members (excludes halogenated alkanes) is 1. The van der Waals surface area contributed by atoms with E-state index in [0.29, 0.717) is 25.4 Å². The average molecular weight is 578 g/mol. The number of ether oxygens (including phenoxy) is 2. The van der Waals surface area contributed by atoms with Gasteiger partial charge >= 0.3 is 12.1 Å². The number of aliphatic carboxylic acids is 1. The normalized spacial score (nSPS) is 13.3. The molecule has 0 saturated heterocycles. The van der Waals surface area contributed by atoms with Gasteiger partial charge in [-0.2, -0.15) is 0 Å². The monoisotopic (exact) mass is 577 g/mol. The Morgan fingerprint density at radius 2 is 1.74 bits per heavy atom. The molecule has 3 aromatic rings. The third-order valence-corrected chi connectivity index (χ3v) is 7.42. The number of benzene rings is 2. The molecule has 9 heteroatoms. The molecule has 2 N–H and O–H groups in total. The molecule has 0 unspecified atom stereocenters. The van der Waals surface area contributed by atoms with Gasteiger partial charge in [0.15, 0.2) is 0 Å². The van der Waals surface area contributed by atoms with Crippen molar-refractivity contribution >= 4 is 12.1 Å². The van der Waals surface area contributed by atoms with E-state index in [1.165, 1.54) is 36.2 Å². The van der Waals surface area contributed by atoms with Gasteiger partial charge in [-0.15, -0.1) is 0 Å². The highest BCUT2D eigenvalue weighted by Crippen LogP contribution is 2.20. The number of carboxylic acid groups (broad SMARTS) is 1. The van der Waals surface area contributed by atoms with E-state index in [1.54, 1.807) is 12.1 Å². The molecule has 1 aromatic heterocycles. The van der Waals surface area contributed by atoms with Gasteiger partial charge in [0.05, 0.1) is 0 Å². The molecule has 0 radical (unpaired) electrons. The quantitative estimate of drug-likeness (QED) is 0.215. The zero-order chi connectivity index (χ0) is 29.6. The summed E-state index contributed by atoms with van der Waals surface area (Å²) < 4.78 is 24.2. The third-order valence-electron chi connectivity index (χ3n) is 7.42. The molecule has 1 heterocycles. The Morgan fingerprint density at radius 3 is 2.52 bits per heavy atom. The van der Waals surface area contributed by atoms with Crippen LogP contribution in [0, 0.1) is 5.82 Å². The number of amides is 1. The number of aryl methyl sites for hydroxylation is 3. The summed E-state index contributed by atoms with van der Waals surface area (Å²) in [6.45, 7) is 2.16. The highest BCUT2D eigenvalue weighted by molar-refractivity contribution is 5.79. The maximum Gasteiger partial charge on any atom is 0.408 e. The number of alkyl carbamates (subject to hydrolysis) is 1. The molecule has 0 spiro atoms. The van der Waals surface area contributed by atoms with Crippen LogP contribution in [0.3, 0.4) is 0 Å². The number of nitrogens with zero attached hydrogens (tertiary/aromatic N) is 2. The minimum Gasteiger partial charge on any atom is -0.492 e. The number of rotatable bonds is 16. The van der Waals surface area contributed by atoms with E-state index in [0.717, 1.165) is 49.9 Å². The highest BCUT2D eigenvalue weighted by Gasteiger charge is 2.22. The Kier molecular flexibility index (Phi) is 12.1. The fourth-order valence-electron chi connectivity index (χ4n) is 5.04. The Bertz CT molecular complexity index is 1270. The van der Waals surface area contributed by atoms with Crippen molar-refractivity contribution in [2.45, 2.75) is 64.0 Å². The first-order valence-electron chi connectivity index (χ1n) is 14.7. The molecule has 0 saturated carbocycles. The lowest BCUT2D eigenvalue weighted by molar-refractivity contribution is -0.139. The smallest absolute Gasteiger partial charge is 0.408 e. The van der Waals surface area contributed by atoms with Crippen molar-refractivity contribution in [3.8, 4) is 5.75 Å². The van der Waals surface area contributed by atoms with Crippen molar-refractivity contribution in [1.29, 1.82) is 0 Å². The van der Waals surface area contributed by atoms with Crippen LogP contribution >= 0.6 is 0 Å². The number of fused-ring (bicyclic) bond motifs is 1. The molecule has 2 aromatic carbocycles. The van der Waals surface area contributed by atoms with E-state index in [4.69, 9.17) is 14.5 Å². The predicted octanol–water partition coefficient (Wildman–Crippen LogP) is 5.57. The van der Waals surface area contributed by atoms with Crippen molar-refractivity contribution in [3.05, 3.63) is 95.1 Å². The van der Waals surface area contributed by atoms with Crippen LogP contribution in [0.5, 0.6) is 5.75 Å². The number of carboxylic acids is 1. The minimum absolute atomic E-state index is 0.0605. The molecule has 1 amide bonds. The van der Waals surface area contributed by atoms with Gasteiger partial charge in [-0.05, 0) is 99.4 Å². The lowest BCUT2D eigenvalue weighted by atomic mass is 9.95. The van der Waals surface area contributed by atoms with Crippen LogP contribution in [0.15, 0.2) is 66.7 Å². The number of pyridine rings is 1. The number of carbonyl (C=O) groups is 2. The largest absolute Gasteiger partial charge is 0.492 e. The summed E-state index contributed by atoms with van der Waals surface area (Å²) in [7, 11) is 0. The molecule has 0 aliphatic heterocycles. The van der Waals surface area contributed by atoms with Gasteiger partial charge in [0, 0.05) is 24.5 Å². The van der Waals surface area contributed by atoms with E-state index in [-0.39, 0.29) is 18.8 Å². The van der Waals surface area contributed by atoms with E-state index >= 15 is 0 Å². The van der Waals surface area contributed by atoms with Crippen molar-refractivity contribution < 1.29 is 28.6 Å². The van der Waals surface area contributed by atoms with Gasteiger partial charge < -0.3 is 19.9 Å². The first-order valence-corrected chi connectivity index (χ1v) is 14.7. The van der Waals surface area contributed by atoms with Crippen LogP contribution in [-0.4, -0.2) is 59.3 Å². The first-order chi connectivity index (χ1) is 20.5. The second-order valence-corrected chi connectivity index (χ2v) is 10.6. The van der Waals surface area contributed by atoms with E-state index in [2.05, 4.69) is 22.3 Å². The fourth-order valence-corrected chi connectivity index (χ4v) is 5.04. The Hall–Kier alpha value is -3.98. The molecule has 42 heavy (non-hydrogen) atoms. The molecular weight excluding hydrogens is 537 g/mol. The lowest BCUT2D eigenvalue weighted by Crippen LogP contribution is -2.43. The second kappa shape index (κ2) is 16.5. The van der Waals surface area contributed by atoms with Crippen molar-refractivity contribution in [2.24, 2.45) is 0 Å². The molecular formula is C33H40FN3O5. The maximum absolute atomic E-state index is 13.2. The highest BCUT2D eigenvalue weighted by atomic mass is 19.1. The van der Waals surface area contributed by atoms with E-state index in [1.807, 2.05) is 30.3 Å². The van der Waals surface area contributed by atoms with Gasteiger partial charge in [0.1, 0.15) is 30.8 Å². The molecule has 0 bridgehead atoms. The van der Waals surface area contributed by atoms with Crippen LogP contribution in [0.2, 0.25) is 0 Å². The average Bonchev–Trinajstić information content (AvgIpc) is 3.01. The number of hydrogen-bond acceptors (Lipinski definition) is 6. The van der Waals surface area contributed by atoms with Crippen molar-refractivity contribution in [1.82, 2.24) is 15.2 Å². The van der Waals surface area contributed by atoms with Crippen LogP contribution in [0.1, 0.15) is 54.6 Å². The van der Waals surface area contributed by atoms with Crippen LogP contribution < -0.4 is 10.1 Å². The summed E-state index contributed by atoms with van der Waals surface area (Å²) in [5, 5.41) is 12.2. The molecule has 224 valence electrons. The first kappa shape index (κ1) is 31.0. The summed E-state index contributed by atoms with van der Waals surface area (Å²) in [5.74, 6) is -0.874. The van der Waals surface area contributed by atoms with Crippen LogP contribution in [0.4, 0.5) is 9.18 Å². The van der Waals surface area contributed by atoms with Gasteiger partial charge in [0.25, 0.3) is 0 Å². The number of halogens is 1. The summed E-state index contributed by atoms with van der Waals surface area (Å²) in [6, 6.07) is 18.3. The lowest BCUT2D eigenvalue weighted by Gasteiger charge is -2.24. The molecule has 1 aliphatic rings. The number of hydrogen-bond donors (Lipinski definition) is 2. The maximum atomic E-state index is 13.2. The Morgan fingerprint density at radius 1 is 0.952 bits per heavy atom. The topological polar surface area (TPSA) is 101 Å². The van der Waals surface area contributed by atoms with E-state index < -0.39 is 18.1 Å². The van der Waals surface area contributed by atoms with Gasteiger partial charge in [-0.3, -0.25) is 9.88 Å². The summed E-state index contributed by atoms with van der Waals surface area (Å²) >= 11 is 0. The number of carbonyl (C=O) groups excluding carboxylic acids is 1. The van der Waals surface area contributed by atoms with Crippen molar-refractivity contribution in [2.75, 3.05) is 26.2 Å². The van der Waals surface area contributed by atoms with Gasteiger partial charge in [0.2, 0.25) is 0 Å². The summed E-state index contributed by atoms with van der Waals surface area (Å²) in [4.78, 5) is 31.2. The van der Waals surface area contributed by atoms with Crippen LogP contribution in [0.25, 0.3) is 0 Å². The van der Waals surface area contributed by atoms with Crippen LogP contribution in [-0.2, 0) is 35.4 Å². The predicted molar refractivity (Wildman–Crippen MR) is 158 cm³/mol. The Balaban J connectivity index is 1.27. The van der Waals surface area contributed by atoms with Crippen molar-refractivity contribution in [3.63, 3.8) is 0 Å². The summed E-state index contributed by atoms with van der Waals surface area (Å²) in [5.41, 5.74) is 4.55. The molecule has 4 rings (SSSR count). The SMILES string of the molecule is O=C(N[C@H](CCN(CCCCc1ccc2c(n1)CCCC2)CCOc1ccc(F)cc1)C(=O)O)OCc1ccccc1. The number of aromatic nitrogens is 1. The minimum atomic E-state index is -1.12. The molecule has 0 fully saturated rings. The second-order valence-electron chi connectivity index (χ2n) is 10.6. The third kappa shape index (κ3) is 10.4. The standard InChI is InChI=1S/C33H40FN3O5/c34-27-14-17-29(18-15-27)41-23-22-37(20-7-6-11-28-16-13-26-10-4-5-12-30(26)35-28)21-19-31(32(38)39)36-33(40)42-24-25-8-2-1-3-9-25/h1-3,8-9,13-18,31H,4-7,10-12,19-24H2,(H,36,40)(H,38,39)/t31-/m1/s1. The summed E-state index contributed by atoms with van der Waals surface area (Å²) in [6.07, 6.45) is 6.80. The zero-order valence-electron chi connectivity index (χ0n) is 24.0. The van der Waals surface area contributed by atoms with Gasteiger partial charge in [-0.25, -0.2) is 14.0 Å². The zero-order valence-corrected chi connectivity index (χ0v) is 24.0. The van der Waals surface area contributed by atoms with Gasteiger partial charge in [-0.1, -0.05) is 36.4 Å². The fraction of sp³-hybridized carbons (Fsp3) is 0.424. The van der Waals surface area contributed by atoms with E-state index in [9.17, 15) is 19.1 Å². The Labute approximate surface area is 246 Å². The molecule has 8 nitrogen and oxygen atoms in total. The number of nitrogens with one attached hydrogen (secondary N) is 1. The molecule has 1 atom stereocenters.